The zero-order valence-corrected chi connectivity index (χ0v) is 20.3. The first-order valence-electron chi connectivity index (χ1n) is 12.3. The number of para-hydroxylation sites is 1. The number of benzene rings is 1. The van der Waals surface area contributed by atoms with Gasteiger partial charge in [-0.2, -0.15) is 0 Å². The monoisotopic (exact) mass is 471 g/mol. The first-order chi connectivity index (χ1) is 16.5. The van der Waals surface area contributed by atoms with Gasteiger partial charge >= 0.3 is 0 Å². The molecule has 2 fully saturated rings. The molecule has 2 aliphatic rings. The van der Waals surface area contributed by atoms with Gasteiger partial charge in [-0.05, 0) is 26.0 Å². The van der Waals surface area contributed by atoms with Gasteiger partial charge < -0.3 is 24.1 Å². The van der Waals surface area contributed by atoms with E-state index >= 15 is 0 Å². The average Bonchev–Trinajstić information content (AvgIpc) is 3.32. The van der Waals surface area contributed by atoms with Gasteiger partial charge in [-0.25, -0.2) is 4.98 Å². The molecule has 0 bridgehead atoms. The highest BCUT2D eigenvalue weighted by atomic mass is 16.5. The number of nitrogens with zero attached hydrogens (tertiary/aromatic N) is 5. The molecule has 1 amide bonds. The molecule has 9 heteroatoms. The van der Waals surface area contributed by atoms with E-state index in [0.717, 1.165) is 39.3 Å². The zero-order chi connectivity index (χ0) is 23.9. The molecule has 3 heterocycles. The van der Waals surface area contributed by atoms with Crippen LogP contribution in [0.5, 0.6) is 0 Å². The maximum absolute atomic E-state index is 12.9. The Morgan fingerprint density at radius 2 is 1.71 bits per heavy atom. The van der Waals surface area contributed by atoms with Gasteiger partial charge in [0, 0.05) is 64.6 Å². The number of hydrogen-bond donors (Lipinski definition) is 1. The number of aromatic nitrogens is 1. The second-order valence-corrected chi connectivity index (χ2v) is 9.35. The molecular formula is C25H37N5O4. The molecule has 186 valence electrons. The second kappa shape index (κ2) is 11.8. The summed E-state index contributed by atoms with van der Waals surface area (Å²) in [6.07, 6.45) is 1.15. The summed E-state index contributed by atoms with van der Waals surface area (Å²) in [5.74, 6) is 0.509. The Hall–Kier alpha value is -2.46. The number of ether oxygens (including phenoxy) is 1. The van der Waals surface area contributed by atoms with E-state index in [1.165, 1.54) is 12.0 Å². The van der Waals surface area contributed by atoms with E-state index in [2.05, 4.69) is 31.8 Å². The number of rotatable bonds is 9. The summed E-state index contributed by atoms with van der Waals surface area (Å²) < 4.78 is 11.1. The number of anilines is 1. The van der Waals surface area contributed by atoms with Crippen molar-refractivity contribution in [1.82, 2.24) is 19.7 Å². The highest BCUT2D eigenvalue weighted by molar-refractivity contribution is 5.92. The van der Waals surface area contributed by atoms with Gasteiger partial charge in [0.05, 0.1) is 25.4 Å². The molecule has 2 aromatic rings. The van der Waals surface area contributed by atoms with Crippen LogP contribution in [0.2, 0.25) is 0 Å². The Balaban J connectivity index is 1.19. The van der Waals surface area contributed by atoms with E-state index in [1.807, 2.05) is 36.9 Å². The molecule has 1 aromatic carbocycles. The van der Waals surface area contributed by atoms with Crippen LogP contribution in [-0.4, -0.2) is 108 Å². The summed E-state index contributed by atoms with van der Waals surface area (Å²) >= 11 is 0. The fourth-order valence-corrected chi connectivity index (χ4v) is 4.43. The fourth-order valence-electron chi connectivity index (χ4n) is 4.43. The van der Waals surface area contributed by atoms with Crippen LogP contribution in [0.4, 0.5) is 5.69 Å². The maximum atomic E-state index is 12.9. The molecule has 9 nitrogen and oxygen atoms in total. The highest BCUT2D eigenvalue weighted by Gasteiger charge is 2.26. The molecule has 1 atom stereocenters. The first-order valence-corrected chi connectivity index (χ1v) is 12.3. The molecule has 0 radical (unpaired) electrons. The van der Waals surface area contributed by atoms with E-state index < -0.39 is 6.10 Å². The summed E-state index contributed by atoms with van der Waals surface area (Å²) in [7, 11) is 0. The van der Waals surface area contributed by atoms with E-state index in [0.29, 0.717) is 44.4 Å². The van der Waals surface area contributed by atoms with Gasteiger partial charge in [-0.1, -0.05) is 18.2 Å². The van der Waals surface area contributed by atoms with Crippen LogP contribution >= 0.6 is 0 Å². The molecule has 0 saturated carbocycles. The van der Waals surface area contributed by atoms with Gasteiger partial charge in [-0.15, -0.1) is 0 Å². The lowest BCUT2D eigenvalue weighted by Crippen LogP contribution is -2.49. The fraction of sp³-hybridized carbons (Fsp3) is 0.600. The Kier molecular flexibility index (Phi) is 8.55. The molecule has 1 aromatic heterocycles. The summed E-state index contributed by atoms with van der Waals surface area (Å²) in [5.41, 5.74) is 1.58. The Morgan fingerprint density at radius 1 is 1.03 bits per heavy atom. The third-order valence-corrected chi connectivity index (χ3v) is 6.37. The second-order valence-electron chi connectivity index (χ2n) is 9.35. The lowest BCUT2D eigenvalue weighted by molar-refractivity contribution is -0.0151. The number of piperazine rings is 2. The van der Waals surface area contributed by atoms with Crippen molar-refractivity contribution in [1.29, 1.82) is 0 Å². The molecule has 4 rings (SSSR count). The molecule has 0 aliphatic carbocycles. The first kappa shape index (κ1) is 24.7. The Labute approximate surface area is 201 Å². The van der Waals surface area contributed by atoms with Gasteiger partial charge in [0.1, 0.15) is 6.26 Å². The number of carbonyl (C=O) groups excluding carboxylic acids is 1. The summed E-state index contributed by atoms with van der Waals surface area (Å²) in [6, 6.07) is 10.3. The molecule has 0 unspecified atom stereocenters. The van der Waals surface area contributed by atoms with E-state index in [9.17, 15) is 9.90 Å². The number of aliphatic hydroxyl groups is 1. The average molecular weight is 472 g/mol. The topological polar surface area (TPSA) is 85.5 Å². The molecule has 2 aliphatic heterocycles. The lowest BCUT2D eigenvalue weighted by Gasteiger charge is -2.35. The molecule has 34 heavy (non-hydrogen) atoms. The van der Waals surface area contributed by atoms with Crippen LogP contribution in [0.15, 0.2) is 41.0 Å². The van der Waals surface area contributed by atoms with Crippen LogP contribution < -0.4 is 4.90 Å². The van der Waals surface area contributed by atoms with Crippen molar-refractivity contribution in [2.45, 2.75) is 32.6 Å². The van der Waals surface area contributed by atoms with Crippen molar-refractivity contribution in [3.05, 3.63) is 48.2 Å². The predicted molar refractivity (Wildman–Crippen MR) is 130 cm³/mol. The third-order valence-electron chi connectivity index (χ3n) is 6.37. The maximum Gasteiger partial charge on any atom is 0.275 e. The third kappa shape index (κ3) is 6.79. The number of carbonyl (C=O) groups is 1. The predicted octanol–water partition coefficient (Wildman–Crippen LogP) is 1.54. The van der Waals surface area contributed by atoms with Crippen molar-refractivity contribution in [2.75, 3.05) is 70.4 Å². The number of hydrogen-bond acceptors (Lipinski definition) is 8. The minimum absolute atomic E-state index is 0.0647. The number of oxazole rings is 1. The smallest absolute Gasteiger partial charge is 0.275 e. The van der Waals surface area contributed by atoms with E-state index in [-0.39, 0.29) is 12.0 Å². The van der Waals surface area contributed by atoms with Gasteiger partial charge in [-0.3, -0.25) is 14.6 Å². The van der Waals surface area contributed by atoms with Crippen LogP contribution in [0, 0.1) is 0 Å². The highest BCUT2D eigenvalue weighted by Crippen LogP contribution is 2.17. The van der Waals surface area contributed by atoms with Crippen LogP contribution in [0.25, 0.3) is 0 Å². The van der Waals surface area contributed by atoms with Crippen molar-refractivity contribution in [3.63, 3.8) is 0 Å². The van der Waals surface area contributed by atoms with E-state index in [4.69, 9.17) is 9.15 Å². The van der Waals surface area contributed by atoms with Crippen molar-refractivity contribution < 1.29 is 19.1 Å². The standard InChI is InChI=1S/C25H37N5O4/c1-20(2)33-18-22(31)16-27-8-10-28(11-9-27)17-24-26-23(19-34-24)25(32)30-14-12-29(13-15-30)21-6-4-3-5-7-21/h3-7,19-20,22,31H,8-18H2,1-2H3/t22-/m0/s1. The SMILES string of the molecule is CC(C)OC[C@@H](O)CN1CCN(Cc2nc(C(=O)N3CCN(c4ccccc4)CC3)co2)CC1. The number of amides is 1. The molecule has 2 saturated heterocycles. The lowest BCUT2D eigenvalue weighted by atomic mass is 10.2. The van der Waals surface area contributed by atoms with Crippen LogP contribution in [0.3, 0.4) is 0 Å². The van der Waals surface area contributed by atoms with Gasteiger partial charge in [0.15, 0.2) is 5.69 Å². The normalized spacial score (nSPS) is 19.1. The van der Waals surface area contributed by atoms with Crippen molar-refractivity contribution in [3.8, 4) is 0 Å². The number of aliphatic hydroxyl groups excluding tert-OH is 1. The summed E-state index contributed by atoms with van der Waals surface area (Å²) in [5, 5.41) is 10.1. The largest absolute Gasteiger partial charge is 0.447 e. The van der Waals surface area contributed by atoms with E-state index in [1.54, 1.807) is 0 Å². The Bertz CT molecular complexity index is 890. The number of β-amino-alcohol motifs (C(OH)–C–C–N with tert-alkyl or cyclic N) is 1. The van der Waals surface area contributed by atoms with Crippen molar-refractivity contribution >= 4 is 11.6 Å². The minimum atomic E-state index is -0.469. The Morgan fingerprint density at radius 3 is 2.38 bits per heavy atom. The van der Waals surface area contributed by atoms with Gasteiger partial charge in [0.25, 0.3) is 5.91 Å². The molecule has 0 spiro atoms. The molecule has 1 N–H and O–H groups in total. The summed E-state index contributed by atoms with van der Waals surface area (Å²) in [4.78, 5) is 26.1. The van der Waals surface area contributed by atoms with Gasteiger partial charge in [0.2, 0.25) is 5.89 Å². The zero-order valence-electron chi connectivity index (χ0n) is 20.3. The summed E-state index contributed by atoms with van der Waals surface area (Å²) in [6.45, 7) is 12.0. The minimum Gasteiger partial charge on any atom is -0.447 e. The molecular weight excluding hydrogens is 434 g/mol. The quantitative estimate of drug-likeness (QED) is 0.590. The van der Waals surface area contributed by atoms with Crippen molar-refractivity contribution in [2.24, 2.45) is 0 Å². The van der Waals surface area contributed by atoms with Crippen LogP contribution in [0.1, 0.15) is 30.2 Å². The van der Waals surface area contributed by atoms with Crippen LogP contribution in [-0.2, 0) is 11.3 Å².